The SMILES string of the molecule is CC(CNC(=O)C(C)N(C)Cc1ccccc1Br)c1ccccc1. The van der Waals surface area contributed by atoms with Crippen molar-refractivity contribution in [3.05, 3.63) is 70.2 Å². The van der Waals surface area contributed by atoms with E-state index in [1.165, 1.54) is 11.1 Å². The van der Waals surface area contributed by atoms with E-state index in [0.717, 1.165) is 11.0 Å². The van der Waals surface area contributed by atoms with E-state index in [0.29, 0.717) is 12.5 Å². The minimum atomic E-state index is -0.180. The molecular weight excluding hydrogens is 364 g/mol. The van der Waals surface area contributed by atoms with Crippen LogP contribution in [0.5, 0.6) is 0 Å². The Kier molecular flexibility index (Phi) is 7.00. The maximum Gasteiger partial charge on any atom is 0.237 e. The molecule has 0 saturated carbocycles. The van der Waals surface area contributed by atoms with E-state index in [2.05, 4.69) is 51.3 Å². The monoisotopic (exact) mass is 388 g/mol. The second-order valence-corrected chi connectivity index (χ2v) is 7.09. The quantitative estimate of drug-likeness (QED) is 0.770. The van der Waals surface area contributed by atoms with Crippen molar-refractivity contribution >= 4 is 21.8 Å². The van der Waals surface area contributed by atoms with Crippen LogP contribution >= 0.6 is 15.9 Å². The predicted molar refractivity (Wildman–Crippen MR) is 103 cm³/mol. The highest BCUT2D eigenvalue weighted by atomic mass is 79.9. The highest BCUT2D eigenvalue weighted by Crippen LogP contribution is 2.18. The van der Waals surface area contributed by atoms with Gasteiger partial charge in [-0.1, -0.05) is 71.4 Å². The van der Waals surface area contributed by atoms with E-state index < -0.39 is 0 Å². The van der Waals surface area contributed by atoms with Gasteiger partial charge in [-0.25, -0.2) is 0 Å². The van der Waals surface area contributed by atoms with Gasteiger partial charge in [-0.2, -0.15) is 0 Å². The van der Waals surface area contributed by atoms with Crippen molar-refractivity contribution in [2.24, 2.45) is 0 Å². The van der Waals surface area contributed by atoms with E-state index in [-0.39, 0.29) is 11.9 Å². The first-order valence-corrected chi connectivity index (χ1v) is 9.04. The summed E-state index contributed by atoms with van der Waals surface area (Å²) in [6, 6.07) is 18.2. The molecule has 0 spiro atoms. The first kappa shape index (κ1) is 18.7. The zero-order valence-electron chi connectivity index (χ0n) is 14.5. The van der Waals surface area contributed by atoms with Crippen LogP contribution in [0.2, 0.25) is 0 Å². The number of rotatable bonds is 7. The molecule has 2 atom stereocenters. The highest BCUT2D eigenvalue weighted by molar-refractivity contribution is 9.10. The number of carbonyl (C=O) groups is 1. The number of nitrogens with one attached hydrogen (secondary N) is 1. The number of hydrogen-bond acceptors (Lipinski definition) is 2. The van der Waals surface area contributed by atoms with Gasteiger partial charge in [0.2, 0.25) is 5.91 Å². The number of amides is 1. The summed E-state index contributed by atoms with van der Waals surface area (Å²) >= 11 is 3.56. The molecule has 0 bridgehead atoms. The van der Waals surface area contributed by atoms with Crippen molar-refractivity contribution in [1.82, 2.24) is 10.2 Å². The van der Waals surface area contributed by atoms with Gasteiger partial charge in [0.05, 0.1) is 6.04 Å². The average molecular weight is 389 g/mol. The van der Waals surface area contributed by atoms with Crippen LogP contribution in [0.25, 0.3) is 0 Å². The van der Waals surface area contributed by atoms with Crippen molar-refractivity contribution < 1.29 is 4.79 Å². The Morgan fingerprint density at radius 2 is 1.71 bits per heavy atom. The van der Waals surface area contributed by atoms with E-state index in [9.17, 15) is 4.79 Å². The Hall–Kier alpha value is -1.65. The van der Waals surface area contributed by atoms with Crippen LogP contribution in [0.4, 0.5) is 0 Å². The number of benzene rings is 2. The predicted octanol–water partition coefficient (Wildman–Crippen LogP) is 4.19. The Labute approximate surface area is 153 Å². The summed E-state index contributed by atoms with van der Waals surface area (Å²) in [6.07, 6.45) is 0. The second kappa shape index (κ2) is 9.00. The standard InChI is InChI=1S/C20H25BrN2O/c1-15(17-9-5-4-6-10-17)13-22-20(24)16(2)23(3)14-18-11-7-8-12-19(18)21/h4-12,15-16H,13-14H2,1-3H3,(H,22,24). The van der Waals surface area contributed by atoms with Crippen molar-refractivity contribution in [2.75, 3.05) is 13.6 Å². The van der Waals surface area contributed by atoms with Gasteiger partial charge in [0.25, 0.3) is 0 Å². The second-order valence-electron chi connectivity index (χ2n) is 6.24. The van der Waals surface area contributed by atoms with Gasteiger partial charge in [0.1, 0.15) is 0 Å². The number of halogens is 1. The lowest BCUT2D eigenvalue weighted by molar-refractivity contribution is -0.125. The van der Waals surface area contributed by atoms with Crippen molar-refractivity contribution in [3.8, 4) is 0 Å². The molecule has 0 aliphatic rings. The lowest BCUT2D eigenvalue weighted by Crippen LogP contribution is -2.43. The Bertz CT molecular complexity index is 660. The van der Waals surface area contributed by atoms with E-state index >= 15 is 0 Å². The van der Waals surface area contributed by atoms with Crippen LogP contribution in [0.1, 0.15) is 30.9 Å². The molecule has 128 valence electrons. The molecule has 2 aromatic carbocycles. The average Bonchev–Trinajstić information content (AvgIpc) is 2.61. The lowest BCUT2D eigenvalue weighted by atomic mass is 10.0. The first-order chi connectivity index (χ1) is 11.5. The fraction of sp³-hybridized carbons (Fsp3) is 0.350. The fourth-order valence-electron chi connectivity index (χ4n) is 2.53. The number of nitrogens with zero attached hydrogens (tertiary/aromatic N) is 1. The van der Waals surface area contributed by atoms with Gasteiger partial charge in [-0.15, -0.1) is 0 Å². The fourth-order valence-corrected chi connectivity index (χ4v) is 2.94. The summed E-state index contributed by atoms with van der Waals surface area (Å²) in [4.78, 5) is 14.5. The Morgan fingerprint density at radius 3 is 2.38 bits per heavy atom. The third-order valence-electron chi connectivity index (χ3n) is 4.37. The molecule has 24 heavy (non-hydrogen) atoms. The van der Waals surface area contributed by atoms with Crippen LogP contribution < -0.4 is 5.32 Å². The van der Waals surface area contributed by atoms with Crippen LogP contribution in [-0.4, -0.2) is 30.4 Å². The molecule has 2 unspecified atom stereocenters. The largest absolute Gasteiger partial charge is 0.354 e. The summed E-state index contributed by atoms with van der Waals surface area (Å²) in [7, 11) is 1.98. The van der Waals surface area contributed by atoms with E-state index in [1.54, 1.807) is 0 Å². The van der Waals surface area contributed by atoms with Crippen LogP contribution in [0.15, 0.2) is 59.1 Å². The van der Waals surface area contributed by atoms with Crippen molar-refractivity contribution in [1.29, 1.82) is 0 Å². The molecule has 2 aromatic rings. The summed E-state index contributed by atoms with van der Waals surface area (Å²) in [5.41, 5.74) is 2.42. The van der Waals surface area contributed by atoms with Gasteiger partial charge in [0, 0.05) is 17.6 Å². The molecule has 0 aromatic heterocycles. The van der Waals surface area contributed by atoms with Crippen LogP contribution in [0, 0.1) is 0 Å². The molecule has 0 radical (unpaired) electrons. The smallest absolute Gasteiger partial charge is 0.237 e. The zero-order valence-corrected chi connectivity index (χ0v) is 16.1. The molecule has 0 fully saturated rings. The summed E-state index contributed by atoms with van der Waals surface area (Å²) < 4.78 is 1.07. The lowest BCUT2D eigenvalue weighted by Gasteiger charge is -2.25. The minimum Gasteiger partial charge on any atom is -0.354 e. The number of carbonyl (C=O) groups excluding carboxylic acids is 1. The van der Waals surface area contributed by atoms with Gasteiger partial charge in [-0.05, 0) is 37.1 Å². The molecule has 1 N–H and O–H groups in total. The van der Waals surface area contributed by atoms with Crippen molar-refractivity contribution in [3.63, 3.8) is 0 Å². The number of likely N-dealkylation sites (N-methyl/N-ethyl adjacent to an activating group) is 1. The topological polar surface area (TPSA) is 32.3 Å². The molecule has 3 nitrogen and oxygen atoms in total. The molecule has 1 amide bonds. The third kappa shape index (κ3) is 5.18. The summed E-state index contributed by atoms with van der Waals surface area (Å²) in [6.45, 7) is 5.45. The van der Waals surface area contributed by atoms with Gasteiger partial charge in [0.15, 0.2) is 0 Å². The molecular formula is C20H25BrN2O. The van der Waals surface area contributed by atoms with Gasteiger partial charge >= 0.3 is 0 Å². The third-order valence-corrected chi connectivity index (χ3v) is 5.14. The minimum absolute atomic E-state index is 0.0623. The molecule has 0 aliphatic carbocycles. The summed E-state index contributed by atoms with van der Waals surface area (Å²) in [5.74, 6) is 0.364. The molecule has 0 heterocycles. The Morgan fingerprint density at radius 1 is 1.08 bits per heavy atom. The molecule has 4 heteroatoms. The van der Waals surface area contributed by atoms with Crippen LogP contribution in [-0.2, 0) is 11.3 Å². The summed E-state index contributed by atoms with van der Waals surface area (Å²) in [5, 5.41) is 3.07. The number of hydrogen-bond donors (Lipinski definition) is 1. The van der Waals surface area contributed by atoms with E-state index in [4.69, 9.17) is 0 Å². The maximum absolute atomic E-state index is 12.4. The normalized spacial score (nSPS) is 13.5. The highest BCUT2D eigenvalue weighted by Gasteiger charge is 2.19. The Balaban J connectivity index is 1.86. The molecule has 2 rings (SSSR count). The van der Waals surface area contributed by atoms with E-state index in [1.807, 2.05) is 50.4 Å². The zero-order chi connectivity index (χ0) is 17.5. The van der Waals surface area contributed by atoms with Gasteiger partial charge in [-0.3, -0.25) is 9.69 Å². The first-order valence-electron chi connectivity index (χ1n) is 8.25. The maximum atomic E-state index is 12.4. The van der Waals surface area contributed by atoms with Crippen molar-refractivity contribution in [2.45, 2.75) is 32.4 Å². The molecule has 0 aliphatic heterocycles. The van der Waals surface area contributed by atoms with Crippen LogP contribution in [0.3, 0.4) is 0 Å². The molecule has 0 saturated heterocycles. The van der Waals surface area contributed by atoms with Gasteiger partial charge < -0.3 is 5.32 Å².